The molecule has 2 aromatic carbocycles. The van der Waals surface area contributed by atoms with Crippen molar-refractivity contribution in [2.75, 3.05) is 0 Å². The van der Waals surface area contributed by atoms with Gasteiger partial charge in [-0.2, -0.15) is 0 Å². The molecule has 0 spiro atoms. The van der Waals surface area contributed by atoms with Crippen molar-refractivity contribution in [3.8, 4) is 28.2 Å². The summed E-state index contributed by atoms with van der Waals surface area (Å²) in [6, 6.07) is 18.0. The summed E-state index contributed by atoms with van der Waals surface area (Å²) >= 11 is 5.98. The fourth-order valence-corrected chi connectivity index (χ4v) is 3.25. The highest BCUT2D eigenvalue weighted by Gasteiger charge is 2.25. The summed E-state index contributed by atoms with van der Waals surface area (Å²) < 4.78 is 11.3. The van der Waals surface area contributed by atoms with Crippen LogP contribution in [0.2, 0.25) is 5.02 Å². The molecule has 0 amide bonds. The molecule has 0 radical (unpaired) electrons. The number of pyridine rings is 1. The van der Waals surface area contributed by atoms with E-state index in [0.717, 1.165) is 16.8 Å². The first-order valence-electron chi connectivity index (χ1n) is 9.15. The predicted molar refractivity (Wildman–Crippen MR) is 113 cm³/mol. The number of nitrogens with zero attached hydrogens (tertiary/aromatic N) is 2. The SMILES string of the molecule is Cc1cc(OCc2ccccn2)ccc1-c1onc(C(=O)O)c1-c1ccc(Cl)cc1. The number of ether oxygens (including phenoxy) is 1. The lowest BCUT2D eigenvalue weighted by atomic mass is 9.97. The topological polar surface area (TPSA) is 85.5 Å². The molecule has 0 aliphatic rings. The van der Waals surface area contributed by atoms with Crippen LogP contribution in [0.25, 0.3) is 22.5 Å². The number of halogens is 1. The number of aromatic carboxylic acids is 1. The van der Waals surface area contributed by atoms with Gasteiger partial charge >= 0.3 is 5.97 Å². The minimum atomic E-state index is -1.16. The van der Waals surface area contributed by atoms with Crippen molar-refractivity contribution < 1.29 is 19.2 Å². The number of rotatable bonds is 6. The van der Waals surface area contributed by atoms with Gasteiger partial charge in [-0.25, -0.2) is 4.79 Å². The summed E-state index contributed by atoms with van der Waals surface area (Å²) in [4.78, 5) is 15.9. The Morgan fingerprint density at radius 2 is 1.93 bits per heavy atom. The highest BCUT2D eigenvalue weighted by molar-refractivity contribution is 6.30. The van der Waals surface area contributed by atoms with Crippen molar-refractivity contribution in [2.24, 2.45) is 0 Å². The Morgan fingerprint density at radius 1 is 1.13 bits per heavy atom. The first-order chi connectivity index (χ1) is 14.5. The molecule has 6 nitrogen and oxygen atoms in total. The zero-order chi connectivity index (χ0) is 21.1. The molecule has 0 saturated heterocycles. The molecule has 0 aliphatic carbocycles. The van der Waals surface area contributed by atoms with E-state index in [1.807, 2.05) is 37.3 Å². The highest BCUT2D eigenvalue weighted by atomic mass is 35.5. The molecule has 2 aromatic heterocycles. The van der Waals surface area contributed by atoms with Gasteiger partial charge in [0.1, 0.15) is 12.4 Å². The van der Waals surface area contributed by atoms with Gasteiger partial charge in [0.05, 0.1) is 11.3 Å². The third kappa shape index (κ3) is 4.04. The van der Waals surface area contributed by atoms with Crippen LogP contribution >= 0.6 is 11.6 Å². The first-order valence-corrected chi connectivity index (χ1v) is 9.53. The molecular formula is C23H17ClN2O4. The van der Waals surface area contributed by atoms with E-state index in [-0.39, 0.29) is 5.69 Å². The maximum absolute atomic E-state index is 11.7. The largest absolute Gasteiger partial charge is 0.487 e. The second-order valence-electron chi connectivity index (χ2n) is 6.63. The number of carboxylic acid groups (broad SMARTS) is 1. The average molecular weight is 421 g/mol. The third-order valence-corrected chi connectivity index (χ3v) is 4.83. The molecule has 0 atom stereocenters. The van der Waals surface area contributed by atoms with Crippen molar-refractivity contribution in [3.63, 3.8) is 0 Å². The van der Waals surface area contributed by atoms with E-state index in [9.17, 15) is 9.90 Å². The first kappa shape index (κ1) is 19.7. The van der Waals surface area contributed by atoms with Crippen molar-refractivity contribution >= 4 is 17.6 Å². The van der Waals surface area contributed by atoms with Crippen LogP contribution < -0.4 is 4.74 Å². The molecule has 0 bridgehead atoms. The summed E-state index contributed by atoms with van der Waals surface area (Å²) in [6.45, 7) is 2.25. The van der Waals surface area contributed by atoms with Crippen LogP contribution in [0.5, 0.6) is 5.75 Å². The second-order valence-corrected chi connectivity index (χ2v) is 7.07. The average Bonchev–Trinajstić information content (AvgIpc) is 3.19. The zero-order valence-corrected chi connectivity index (χ0v) is 16.8. The minimum Gasteiger partial charge on any atom is -0.487 e. The van der Waals surface area contributed by atoms with Crippen molar-refractivity contribution in [1.82, 2.24) is 10.1 Å². The third-order valence-electron chi connectivity index (χ3n) is 4.58. The molecule has 7 heteroatoms. The van der Waals surface area contributed by atoms with Crippen molar-refractivity contribution in [3.05, 3.63) is 88.8 Å². The standard InChI is InChI=1S/C23H17ClN2O4/c1-14-12-18(29-13-17-4-2-3-11-25-17)9-10-19(14)22-20(21(23(27)28)26-30-22)15-5-7-16(24)8-6-15/h2-12H,13H2,1H3,(H,27,28). The van der Waals surface area contributed by atoms with Crippen LogP contribution in [-0.4, -0.2) is 21.2 Å². The van der Waals surface area contributed by atoms with Crippen LogP contribution in [0.3, 0.4) is 0 Å². The van der Waals surface area contributed by atoms with Gasteiger partial charge in [0.2, 0.25) is 0 Å². The number of carboxylic acids is 1. The van der Waals surface area contributed by atoms with E-state index in [1.54, 1.807) is 36.5 Å². The molecule has 150 valence electrons. The van der Waals surface area contributed by atoms with Crippen LogP contribution in [0, 0.1) is 6.92 Å². The van der Waals surface area contributed by atoms with Gasteiger partial charge < -0.3 is 14.4 Å². The summed E-state index contributed by atoms with van der Waals surface area (Å²) in [6.07, 6.45) is 1.72. The van der Waals surface area contributed by atoms with Crippen LogP contribution in [0.15, 0.2) is 71.4 Å². The van der Waals surface area contributed by atoms with Crippen LogP contribution in [0.4, 0.5) is 0 Å². The van der Waals surface area contributed by atoms with Crippen molar-refractivity contribution in [1.29, 1.82) is 0 Å². The zero-order valence-electron chi connectivity index (χ0n) is 16.0. The lowest BCUT2D eigenvalue weighted by Gasteiger charge is -2.10. The molecule has 4 aromatic rings. The van der Waals surface area contributed by atoms with Crippen LogP contribution in [0.1, 0.15) is 21.7 Å². The Bertz CT molecular complexity index is 1190. The van der Waals surface area contributed by atoms with Gasteiger partial charge in [0, 0.05) is 16.8 Å². The van der Waals surface area contributed by atoms with E-state index in [0.29, 0.717) is 34.3 Å². The van der Waals surface area contributed by atoms with Gasteiger partial charge in [-0.3, -0.25) is 4.98 Å². The van der Waals surface area contributed by atoms with Gasteiger partial charge in [-0.05, 0) is 60.5 Å². The molecule has 1 N–H and O–H groups in total. The maximum atomic E-state index is 11.7. The maximum Gasteiger partial charge on any atom is 0.358 e. The smallest absolute Gasteiger partial charge is 0.358 e. The highest BCUT2D eigenvalue weighted by Crippen LogP contribution is 2.38. The predicted octanol–water partition coefficient (Wildman–Crippen LogP) is 5.64. The van der Waals surface area contributed by atoms with Gasteiger partial charge in [0.25, 0.3) is 0 Å². The Kier molecular flexibility index (Phi) is 5.50. The lowest BCUT2D eigenvalue weighted by Crippen LogP contribution is -1.99. The van der Waals surface area contributed by atoms with Crippen LogP contribution in [-0.2, 0) is 6.61 Å². The lowest BCUT2D eigenvalue weighted by molar-refractivity contribution is 0.0686. The summed E-state index contributed by atoms with van der Waals surface area (Å²) in [5.74, 6) is -0.112. The van der Waals surface area contributed by atoms with Gasteiger partial charge in [-0.1, -0.05) is 35.0 Å². The van der Waals surface area contributed by atoms with Gasteiger partial charge in [-0.15, -0.1) is 0 Å². The Labute approximate surface area is 177 Å². The molecule has 2 heterocycles. The van der Waals surface area contributed by atoms with Gasteiger partial charge in [0.15, 0.2) is 11.5 Å². The number of hydrogen-bond acceptors (Lipinski definition) is 5. The minimum absolute atomic E-state index is 0.151. The Hall–Kier alpha value is -3.64. The molecule has 0 fully saturated rings. The summed E-state index contributed by atoms with van der Waals surface area (Å²) in [7, 11) is 0. The molecule has 4 rings (SSSR count). The molecule has 0 saturated carbocycles. The second kappa shape index (κ2) is 8.39. The number of aryl methyl sites for hydroxylation is 1. The fourth-order valence-electron chi connectivity index (χ4n) is 3.13. The van der Waals surface area contributed by atoms with E-state index in [1.165, 1.54) is 0 Å². The van der Waals surface area contributed by atoms with E-state index in [4.69, 9.17) is 20.9 Å². The Morgan fingerprint density at radius 3 is 2.60 bits per heavy atom. The Balaban J connectivity index is 1.68. The number of benzene rings is 2. The number of carbonyl (C=O) groups is 1. The molecule has 0 unspecified atom stereocenters. The number of hydrogen-bond donors (Lipinski definition) is 1. The summed E-state index contributed by atoms with van der Waals surface area (Å²) in [5.41, 5.74) is 3.32. The molecular weight excluding hydrogens is 404 g/mol. The fraction of sp³-hybridized carbons (Fsp3) is 0.0870. The van der Waals surface area contributed by atoms with E-state index < -0.39 is 5.97 Å². The molecule has 30 heavy (non-hydrogen) atoms. The molecule has 0 aliphatic heterocycles. The quantitative estimate of drug-likeness (QED) is 0.434. The normalized spacial score (nSPS) is 10.7. The monoisotopic (exact) mass is 420 g/mol. The van der Waals surface area contributed by atoms with E-state index >= 15 is 0 Å². The van der Waals surface area contributed by atoms with E-state index in [2.05, 4.69) is 10.1 Å². The summed E-state index contributed by atoms with van der Waals surface area (Å²) in [5, 5.41) is 13.9. The van der Waals surface area contributed by atoms with Crippen molar-refractivity contribution in [2.45, 2.75) is 13.5 Å². The number of aromatic nitrogens is 2.